The van der Waals surface area contributed by atoms with Crippen molar-refractivity contribution in [1.82, 2.24) is 15.1 Å². The third-order valence-corrected chi connectivity index (χ3v) is 3.54. The smallest absolute Gasteiger partial charge is 0.0107 e. The van der Waals surface area contributed by atoms with Crippen molar-refractivity contribution in [3.8, 4) is 0 Å². The average Bonchev–Trinajstić information content (AvgIpc) is 2.29. The lowest BCUT2D eigenvalue weighted by Crippen LogP contribution is -2.44. The zero-order chi connectivity index (χ0) is 11.1. The summed E-state index contributed by atoms with van der Waals surface area (Å²) in [6.45, 7) is 11.9. The summed E-state index contributed by atoms with van der Waals surface area (Å²) in [4.78, 5) is 5.04. The second kappa shape index (κ2) is 7.20. The lowest BCUT2D eigenvalue weighted by molar-refractivity contribution is 0.203. The molecule has 3 heteroatoms. The summed E-state index contributed by atoms with van der Waals surface area (Å²) in [6, 6.07) is 0.730. The SMILES string of the molecule is CCC(C)N(C)CCCN1CCNCC1. The molecule has 1 N–H and O–H groups in total. The summed E-state index contributed by atoms with van der Waals surface area (Å²) in [5, 5.41) is 3.39. The number of nitrogens with zero attached hydrogens (tertiary/aromatic N) is 2. The molecule has 1 heterocycles. The molecule has 0 aliphatic carbocycles. The van der Waals surface area contributed by atoms with Crippen LogP contribution in [0.5, 0.6) is 0 Å². The lowest BCUT2D eigenvalue weighted by atomic mass is 10.2. The van der Waals surface area contributed by atoms with E-state index < -0.39 is 0 Å². The van der Waals surface area contributed by atoms with Crippen molar-refractivity contribution in [2.75, 3.05) is 46.3 Å². The minimum atomic E-state index is 0.730. The second-order valence-electron chi connectivity index (χ2n) is 4.68. The van der Waals surface area contributed by atoms with E-state index in [-0.39, 0.29) is 0 Å². The van der Waals surface area contributed by atoms with Gasteiger partial charge in [-0.1, -0.05) is 6.92 Å². The van der Waals surface area contributed by atoms with Gasteiger partial charge < -0.3 is 15.1 Å². The van der Waals surface area contributed by atoms with Gasteiger partial charge in [0.1, 0.15) is 0 Å². The van der Waals surface area contributed by atoms with E-state index in [4.69, 9.17) is 0 Å². The molecule has 1 aliphatic rings. The molecule has 15 heavy (non-hydrogen) atoms. The molecule has 0 aromatic heterocycles. The van der Waals surface area contributed by atoms with Crippen LogP contribution in [0, 0.1) is 0 Å². The fourth-order valence-corrected chi connectivity index (χ4v) is 2.01. The third-order valence-electron chi connectivity index (χ3n) is 3.54. The first kappa shape index (κ1) is 12.9. The Hall–Kier alpha value is -0.120. The number of hydrogen-bond donors (Lipinski definition) is 1. The number of nitrogens with one attached hydrogen (secondary N) is 1. The molecule has 1 fully saturated rings. The van der Waals surface area contributed by atoms with Crippen LogP contribution in [0.4, 0.5) is 0 Å². The van der Waals surface area contributed by atoms with E-state index in [2.05, 4.69) is 36.0 Å². The minimum absolute atomic E-state index is 0.730. The Morgan fingerprint density at radius 2 is 2.00 bits per heavy atom. The van der Waals surface area contributed by atoms with Crippen LogP contribution < -0.4 is 5.32 Å². The molecule has 0 saturated carbocycles. The van der Waals surface area contributed by atoms with Gasteiger partial charge in [-0.2, -0.15) is 0 Å². The van der Waals surface area contributed by atoms with E-state index >= 15 is 0 Å². The molecule has 1 aliphatic heterocycles. The van der Waals surface area contributed by atoms with Crippen LogP contribution in [0.2, 0.25) is 0 Å². The van der Waals surface area contributed by atoms with E-state index in [0.717, 1.165) is 6.04 Å². The van der Waals surface area contributed by atoms with Crippen molar-refractivity contribution in [3.05, 3.63) is 0 Å². The van der Waals surface area contributed by atoms with Gasteiger partial charge in [0.15, 0.2) is 0 Å². The highest BCUT2D eigenvalue weighted by molar-refractivity contribution is 4.68. The van der Waals surface area contributed by atoms with E-state index in [1.165, 1.54) is 52.1 Å². The molecule has 90 valence electrons. The number of rotatable bonds is 6. The Kier molecular flexibility index (Phi) is 6.22. The maximum absolute atomic E-state index is 3.39. The highest BCUT2D eigenvalue weighted by atomic mass is 15.2. The third kappa shape index (κ3) is 4.96. The van der Waals surface area contributed by atoms with Gasteiger partial charge in [-0.05, 0) is 39.9 Å². The lowest BCUT2D eigenvalue weighted by Gasteiger charge is -2.29. The van der Waals surface area contributed by atoms with E-state index in [0.29, 0.717) is 0 Å². The number of piperazine rings is 1. The molecule has 0 bridgehead atoms. The van der Waals surface area contributed by atoms with Crippen LogP contribution in [-0.2, 0) is 0 Å². The predicted molar refractivity (Wildman–Crippen MR) is 66.3 cm³/mol. The molecule has 1 unspecified atom stereocenters. The molecule has 0 radical (unpaired) electrons. The first-order valence-electron chi connectivity index (χ1n) is 6.37. The Labute approximate surface area is 94.8 Å². The molecule has 3 nitrogen and oxygen atoms in total. The predicted octanol–water partition coefficient (Wildman–Crippen LogP) is 1.01. The largest absolute Gasteiger partial charge is 0.314 e. The monoisotopic (exact) mass is 213 g/mol. The summed E-state index contributed by atoms with van der Waals surface area (Å²) >= 11 is 0. The zero-order valence-electron chi connectivity index (χ0n) is 10.6. The summed E-state index contributed by atoms with van der Waals surface area (Å²) in [7, 11) is 2.24. The minimum Gasteiger partial charge on any atom is -0.314 e. The molecule has 0 amide bonds. The Bertz CT molecular complexity index is 153. The first-order chi connectivity index (χ1) is 7.24. The summed E-state index contributed by atoms with van der Waals surface area (Å²) in [5.41, 5.74) is 0. The van der Waals surface area contributed by atoms with Gasteiger partial charge in [-0.3, -0.25) is 0 Å². The van der Waals surface area contributed by atoms with Crippen molar-refractivity contribution < 1.29 is 0 Å². The first-order valence-corrected chi connectivity index (χ1v) is 6.37. The molecule has 1 atom stereocenters. The fourth-order valence-electron chi connectivity index (χ4n) is 2.01. The van der Waals surface area contributed by atoms with Crippen LogP contribution in [0.1, 0.15) is 26.7 Å². The molecular formula is C12H27N3. The quantitative estimate of drug-likeness (QED) is 0.710. The topological polar surface area (TPSA) is 18.5 Å². The van der Waals surface area contributed by atoms with E-state index in [1.807, 2.05) is 0 Å². The van der Waals surface area contributed by atoms with Crippen molar-refractivity contribution >= 4 is 0 Å². The maximum atomic E-state index is 3.39. The highest BCUT2D eigenvalue weighted by Crippen LogP contribution is 2.02. The van der Waals surface area contributed by atoms with Crippen molar-refractivity contribution in [3.63, 3.8) is 0 Å². The molecule has 0 spiro atoms. The van der Waals surface area contributed by atoms with Crippen LogP contribution in [0.15, 0.2) is 0 Å². The molecule has 0 aromatic rings. The second-order valence-corrected chi connectivity index (χ2v) is 4.68. The zero-order valence-corrected chi connectivity index (χ0v) is 10.6. The molecule has 1 rings (SSSR count). The number of hydrogen-bond acceptors (Lipinski definition) is 3. The average molecular weight is 213 g/mol. The van der Waals surface area contributed by atoms with Gasteiger partial charge in [0.25, 0.3) is 0 Å². The fraction of sp³-hybridized carbons (Fsp3) is 1.00. The summed E-state index contributed by atoms with van der Waals surface area (Å²) in [6.07, 6.45) is 2.56. The van der Waals surface area contributed by atoms with Gasteiger partial charge in [0.05, 0.1) is 0 Å². The van der Waals surface area contributed by atoms with Gasteiger partial charge in [0.2, 0.25) is 0 Å². The molecule has 0 aromatic carbocycles. The molecular weight excluding hydrogens is 186 g/mol. The van der Waals surface area contributed by atoms with Crippen molar-refractivity contribution in [2.45, 2.75) is 32.7 Å². The summed E-state index contributed by atoms with van der Waals surface area (Å²) in [5.74, 6) is 0. The van der Waals surface area contributed by atoms with Crippen LogP contribution in [0.25, 0.3) is 0 Å². The van der Waals surface area contributed by atoms with E-state index in [9.17, 15) is 0 Å². The van der Waals surface area contributed by atoms with Crippen molar-refractivity contribution in [1.29, 1.82) is 0 Å². The Balaban J connectivity index is 2.04. The van der Waals surface area contributed by atoms with Gasteiger partial charge in [0, 0.05) is 32.2 Å². The van der Waals surface area contributed by atoms with Crippen LogP contribution >= 0.6 is 0 Å². The van der Waals surface area contributed by atoms with Crippen LogP contribution in [0.3, 0.4) is 0 Å². The standard InChI is InChI=1S/C12H27N3/c1-4-12(2)14(3)8-5-9-15-10-6-13-7-11-15/h12-13H,4-11H2,1-3H3. The van der Waals surface area contributed by atoms with Gasteiger partial charge in [-0.15, -0.1) is 0 Å². The van der Waals surface area contributed by atoms with Crippen LogP contribution in [-0.4, -0.2) is 62.2 Å². The summed E-state index contributed by atoms with van der Waals surface area (Å²) < 4.78 is 0. The van der Waals surface area contributed by atoms with Gasteiger partial charge in [-0.25, -0.2) is 0 Å². The Morgan fingerprint density at radius 3 is 2.60 bits per heavy atom. The highest BCUT2D eigenvalue weighted by Gasteiger charge is 2.10. The van der Waals surface area contributed by atoms with Gasteiger partial charge >= 0.3 is 0 Å². The molecule has 1 saturated heterocycles. The van der Waals surface area contributed by atoms with Crippen molar-refractivity contribution in [2.24, 2.45) is 0 Å². The maximum Gasteiger partial charge on any atom is 0.0107 e. The Morgan fingerprint density at radius 1 is 1.33 bits per heavy atom. The normalized spacial score (nSPS) is 20.8. The van der Waals surface area contributed by atoms with E-state index in [1.54, 1.807) is 0 Å².